The van der Waals surface area contributed by atoms with Crippen molar-refractivity contribution in [1.29, 1.82) is 0 Å². The summed E-state index contributed by atoms with van der Waals surface area (Å²) in [5.74, 6) is 0. The van der Waals surface area contributed by atoms with Crippen LogP contribution in [-0.2, 0) is 0 Å². The van der Waals surface area contributed by atoms with Crippen molar-refractivity contribution < 1.29 is 5.11 Å². The molecule has 0 unspecified atom stereocenters. The fourth-order valence-electron chi connectivity index (χ4n) is 2.09. The number of benzene rings is 1. The van der Waals surface area contributed by atoms with Crippen molar-refractivity contribution in [3.8, 4) is 0 Å². The minimum Gasteiger partial charge on any atom is -0.390 e. The Hall–Kier alpha value is -0.570. The van der Waals surface area contributed by atoms with E-state index in [0.717, 1.165) is 30.0 Å². The second kappa shape index (κ2) is 4.12. The van der Waals surface area contributed by atoms with Gasteiger partial charge in [-0.25, -0.2) is 0 Å². The lowest BCUT2D eigenvalue weighted by Gasteiger charge is -2.35. The van der Waals surface area contributed by atoms with E-state index in [1.54, 1.807) is 0 Å². The molecule has 0 bridgehead atoms. The lowest BCUT2D eigenvalue weighted by molar-refractivity contribution is 0.0132. The largest absolute Gasteiger partial charge is 0.390 e. The Kier molecular flexibility index (Phi) is 3.01. The van der Waals surface area contributed by atoms with Gasteiger partial charge in [0.15, 0.2) is 0 Å². The molecule has 2 atom stereocenters. The van der Waals surface area contributed by atoms with Crippen LogP contribution in [0.4, 0.5) is 0 Å². The molecule has 2 rings (SSSR count). The van der Waals surface area contributed by atoms with Crippen molar-refractivity contribution in [1.82, 2.24) is 5.32 Å². The van der Waals surface area contributed by atoms with Crippen LogP contribution in [0.15, 0.2) is 24.3 Å². The van der Waals surface area contributed by atoms with Gasteiger partial charge in [0.05, 0.1) is 5.60 Å². The highest BCUT2D eigenvalue weighted by atomic mass is 35.5. The van der Waals surface area contributed by atoms with Crippen LogP contribution < -0.4 is 5.32 Å². The van der Waals surface area contributed by atoms with E-state index in [9.17, 15) is 5.11 Å². The van der Waals surface area contributed by atoms with Gasteiger partial charge in [-0.2, -0.15) is 0 Å². The molecule has 1 aliphatic rings. The summed E-state index contributed by atoms with van der Waals surface area (Å²) in [5, 5.41) is 14.2. The number of hydrogen-bond donors (Lipinski definition) is 2. The second-order valence-electron chi connectivity index (χ2n) is 4.51. The van der Waals surface area contributed by atoms with Gasteiger partial charge < -0.3 is 10.4 Å². The summed E-state index contributed by atoms with van der Waals surface area (Å²) < 4.78 is 0. The molecule has 0 aromatic heterocycles. The van der Waals surface area contributed by atoms with E-state index in [1.165, 1.54) is 0 Å². The average Bonchev–Trinajstić information content (AvgIpc) is 2.16. The van der Waals surface area contributed by atoms with Gasteiger partial charge in [-0.3, -0.25) is 0 Å². The summed E-state index contributed by atoms with van der Waals surface area (Å²) in [6.45, 7) is 2.75. The third-order valence-corrected chi connectivity index (χ3v) is 3.18. The molecule has 0 amide bonds. The van der Waals surface area contributed by atoms with Crippen LogP contribution in [0, 0.1) is 0 Å². The summed E-state index contributed by atoms with van der Waals surface area (Å²) in [7, 11) is 0. The first-order chi connectivity index (χ1) is 7.07. The van der Waals surface area contributed by atoms with Crippen LogP contribution >= 0.6 is 11.6 Å². The Morgan fingerprint density at radius 1 is 1.53 bits per heavy atom. The Bertz CT molecular complexity index is 351. The molecule has 82 valence electrons. The number of hydrogen-bond acceptors (Lipinski definition) is 2. The van der Waals surface area contributed by atoms with Crippen molar-refractivity contribution in [3.63, 3.8) is 0 Å². The molecule has 15 heavy (non-hydrogen) atoms. The molecule has 0 saturated carbocycles. The van der Waals surface area contributed by atoms with E-state index in [2.05, 4.69) is 5.32 Å². The Morgan fingerprint density at radius 3 is 3.00 bits per heavy atom. The number of piperidine rings is 1. The lowest BCUT2D eigenvalue weighted by Crippen LogP contribution is -2.41. The topological polar surface area (TPSA) is 32.3 Å². The van der Waals surface area contributed by atoms with Gasteiger partial charge in [-0.1, -0.05) is 23.7 Å². The van der Waals surface area contributed by atoms with Gasteiger partial charge in [-0.15, -0.1) is 0 Å². The van der Waals surface area contributed by atoms with Crippen molar-refractivity contribution in [2.75, 3.05) is 6.54 Å². The summed E-state index contributed by atoms with van der Waals surface area (Å²) >= 11 is 5.94. The Labute approximate surface area is 95.3 Å². The molecule has 2 N–H and O–H groups in total. The number of nitrogens with one attached hydrogen (secondary N) is 1. The molecule has 3 heteroatoms. The van der Waals surface area contributed by atoms with E-state index >= 15 is 0 Å². The van der Waals surface area contributed by atoms with E-state index in [0.29, 0.717) is 0 Å². The maximum Gasteiger partial charge on any atom is 0.0650 e. The number of rotatable bonds is 1. The molecule has 0 aliphatic carbocycles. The first-order valence-corrected chi connectivity index (χ1v) is 5.66. The fourth-order valence-corrected chi connectivity index (χ4v) is 2.29. The number of aliphatic hydroxyl groups is 1. The molecule has 1 aromatic rings. The molecule has 0 radical (unpaired) electrons. The quantitative estimate of drug-likeness (QED) is 0.770. The zero-order valence-corrected chi connectivity index (χ0v) is 9.59. The molecule has 1 fully saturated rings. The van der Waals surface area contributed by atoms with Crippen LogP contribution in [0.1, 0.15) is 31.4 Å². The van der Waals surface area contributed by atoms with Crippen molar-refractivity contribution in [3.05, 3.63) is 34.9 Å². The van der Waals surface area contributed by atoms with Gasteiger partial charge in [0.1, 0.15) is 0 Å². The van der Waals surface area contributed by atoms with Crippen molar-refractivity contribution in [2.24, 2.45) is 0 Å². The van der Waals surface area contributed by atoms with E-state index in [4.69, 9.17) is 11.6 Å². The minimum atomic E-state index is -0.557. The monoisotopic (exact) mass is 225 g/mol. The Balaban J connectivity index is 2.17. The van der Waals surface area contributed by atoms with Gasteiger partial charge in [0.25, 0.3) is 0 Å². The summed E-state index contributed by atoms with van der Waals surface area (Å²) in [5.41, 5.74) is 0.598. The molecular weight excluding hydrogens is 210 g/mol. The van der Waals surface area contributed by atoms with Crippen LogP contribution in [-0.4, -0.2) is 17.3 Å². The molecule has 1 aromatic carbocycles. The molecular formula is C12H16ClNO. The zero-order valence-electron chi connectivity index (χ0n) is 8.83. The van der Waals surface area contributed by atoms with Crippen LogP contribution in [0.3, 0.4) is 0 Å². The van der Waals surface area contributed by atoms with Gasteiger partial charge in [-0.05, 0) is 44.0 Å². The van der Waals surface area contributed by atoms with Gasteiger partial charge in [0, 0.05) is 11.1 Å². The maximum absolute atomic E-state index is 10.0. The second-order valence-corrected chi connectivity index (χ2v) is 4.95. The molecule has 2 nitrogen and oxygen atoms in total. The van der Waals surface area contributed by atoms with E-state index in [1.807, 2.05) is 31.2 Å². The standard InChI is InChI=1S/C12H16ClNO/c1-12(15)5-6-14-11(8-12)9-3-2-4-10(13)7-9/h2-4,7,11,14-15H,5-6,8H2,1H3/t11-,12+/m1/s1. The van der Waals surface area contributed by atoms with Crippen LogP contribution in [0.25, 0.3) is 0 Å². The van der Waals surface area contributed by atoms with E-state index < -0.39 is 5.60 Å². The van der Waals surface area contributed by atoms with Gasteiger partial charge >= 0.3 is 0 Å². The molecule has 0 spiro atoms. The number of halogens is 1. The molecule has 1 aliphatic heterocycles. The average molecular weight is 226 g/mol. The van der Waals surface area contributed by atoms with Crippen molar-refractivity contribution in [2.45, 2.75) is 31.4 Å². The normalized spacial score (nSPS) is 31.5. The predicted octanol–water partition coefficient (Wildman–Crippen LogP) is 2.52. The highest BCUT2D eigenvalue weighted by Crippen LogP contribution is 2.30. The summed E-state index contributed by atoms with van der Waals surface area (Å²) in [6.07, 6.45) is 1.55. The maximum atomic E-state index is 10.0. The first-order valence-electron chi connectivity index (χ1n) is 5.28. The molecule has 1 heterocycles. The SMILES string of the molecule is C[C@]1(O)CCN[C@@H](c2cccc(Cl)c2)C1. The fraction of sp³-hybridized carbons (Fsp3) is 0.500. The lowest BCUT2D eigenvalue weighted by atomic mass is 9.86. The molecule has 1 saturated heterocycles. The van der Waals surface area contributed by atoms with Gasteiger partial charge in [0.2, 0.25) is 0 Å². The summed E-state index contributed by atoms with van der Waals surface area (Å²) in [6, 6.07) is 8.03. The van der Waals surface area contributed by atoms with E-state index in [-0.39, 0.29) is 6.04 Å². The Morgan fingerprint density at radius 2 is 2.33 bits per heavy atom. The highest BCUT2D eigenvalue weighted by molar-refractivity contribution is 6.30. The highest BCUT2D eigenvalue weighted by Gasteiger charge is 2.30. The van der Waals surface area contributed by atoms with Crippen LogP contribution in [0.2, 0.25) is 5.02 Å². The predicted molar refractivity (Wildman–Crippen MR) is 62.1 cm³/mol. The third-order valence-electron chi connectivity index (χ3n) is 2.95. The van der Waals surface area contributed by atoms with Crippen molar-refractivity contribution >= 4 is 11.6 Å². The van der Waals surface area contributed by atoms with Crippen LogP contribution in [0.5, 0.6) is 0 Å². The zero-order chi connectivity index (χ0) is 10.9. The minimum absolute atomic E-state index is 0.215. The third kappa shape index (κ3) is 2.71. The first kappa shape index (κ1) is 10.9. The summed E-state index contributed by atoms with van der Waals surface area (Å²) in [4.78, 5) is 0. The smallest absolute Gasteiger partial charge is 0.0650 e.